The Bertz CT molecular complexity index is 785. The molecule has 0 aliphatic carbocycles. The molecule has 186 valence electrons. The minimum atomic E-state index is -1.70. The van der Waals surface area contributed by atoms with Gasteiger partial charge in [-0.3, -0.25) is 0 Å². The van der Waals surface area contributed by atoms with Gasteiger partial charge < -0.3 is 29.9 Å². The molecule has 0 fully saturated rings. The third-order valence-electron chi connectivity index (χ3n) is 6.64. The molecule has 7 nitrogen and oxygen atoms in total. The van der Waals surface area contributed by atoms with Crippen LogP contribution in [0.4, 0.5) is 0 Å². The van der Waals surface area contributed by atoms with E-state index in [0.717, 1.165) is 23.1 Å². The minimum absolute atomic E-state index is 0.0148. The van der Waals surface area contributed by atoms with Gasteiger partial charge in [-0.15, -0.1) is 0 Å². The Hall–Kier alpha value is -1.77. The van der Waals surface area contributed by atoms with Gasteiger partial charge in [0.15, 0.2) is 6.10 Å². The van der Waals surface area contributed by atoms with E-state index in [1.54, 1.807) is 0 Å². The van der Waals surface area contributed by atoms with Crippen LogP contribution in [-0.2, 0) is 26.1 Å². The number of carbonyl (C=O) groups is 1. The number of hydrogen-bond donors (Lipinski definition) is 4. The molecular weight excluding hydrogens is 424 g/mol. The first kappa shape index (κ1) is 27.5. The molecule has 2 bridgehead atoms. The van der Waals surface area contributed by atoms with Gasteiger partial charge in [-0.05, 0) is 36.5 Å². The zero-order valence-corrected chi connectivity index (χ0v) is 20.2. The highest BCUT2D eigenvalue weighted by atomic mass is 16.6. The fraction of sp³-hybridized carbons (Fsp3) is 0.654. The van der Waals surface area contributed by atoms with Crippen molar-refractivity contribution in [3.63, 3.8) is 0 Å². The number of cyclic esters (lactones) is 1. The van der Waals surface area contributed by atoms with E-state index in [-0.39, 0.29) is 18.9 Å². The topological polar surface area (TPSA) is 116 Å². The first-order valence-electron chi connectivity index (χ1n) is 11.8. The highest BCUT2D eigenvalue weighted by Gasteiger charge is 2.32. The second-order valence-electron chi connectivity index (χ2n) is 9.53. The number of ether oxygens (including phenoxy) is 2. The highest BCUT2D eigenvalue weighted by Crippen LogP contribution is 2.30. The summed E-state index contributed by atoms with van der Waals surface area (Å²) in [6.07, 6.45) is -0.847. The number of fused-ring (bicyclic) bond motifs is 2. The van der Waals surface area contributed by atoms with Crippen LogP contribution in [0.2, 0.25) is 0 Å². The Kier molecular flexibility index (Phi) is 10.5. The maximum absolute atomic E-state index is 12.6. The summed E-state index contributed by atoms with van der Waals surface area (Å²) in [6, 6.07) is 7.46. The predicted molar refractivity (Wildman–Crippen MR) is 126 cm³/mol. The summed E-state index contributed by atoms with van der Waals surface area (Å²) in [6.45, 7) is 8.31. The summed E-state index contributed by atoms with van der Waals surface area (Å²) in [7, 11) is 0. The van der Waals surface area contributed by atoms with Crippen molar-refractivity contribution in [2.24, 2.45) is 5.92 Å². The van der Waals surface area contributed by atoms with Crippen LogP contribution < -0.4 is 0 Å². The number of esters is 1. The van der Waals surface area contributed by atoms with Gasteiger partial charge in [-0.1, -0.05) is 51.1 Å². The van der Waals surface area contributed by atoms with E-state index in [1.165, 1.54) is 0 Å². The molecule has 1 aromatic carbocycles. The van der Waals surface area contributed by atoms with Crippen LogP contribution in [0.1, 0.15) is 58.1 Å². The lowest BCUT2D eigenvalue weighted by Crippen LogP contribution is -2.39. The summed E-state index contributed by atoms with van der Waals surface area (Å²) >= 11 is 0. The van der Waals surface area contributed by atoms with Gasteiger partial charge in [0.2, 0.25) is 0 Å². The molecule has 1 aliphatic rings. The van der Waals surface area contributed by atoms with Gasteiger partial charge >= 0.3 is 5.97 Å². The van der Waals surface area contributed by atoms with Crippen molar-refractivity contribution >= 4 is 5.97 Å². The van der Waals surface area contributed by atoms with E-state index >= 15 is 0 Å². The first-order valence-corrected chi connectivity index (χ1v) is 11.8. The molecule has 33 heavy (non-hydrogen) atoms. The monoisotopic (exact) mass is 464 g/mol. The molecule has 0 spiro atoms. The number of aliphatic hydroxyl groups is 4. The minimum Gasteiger partial charge on any atom is -0.456 e. The van der Waals surface area contributed by atoms with E-state index in [9.17, 15) is 25.2 Å². The molecule has 7 heteroatoms. The molecule has 1 unspecified atom stereocenters. The van der Waals surface area contributed by atoms with E-state index < -0.39 is 35.8 Å². The Morgan fingerprint density at radius 1 is 1.21 bits per heavy atom. The van der Waals surface area contributed by atoms with Crippen molar-refractivity contribution in [1.82, 2.24) is 0 Å². The zero-order chi connectivity index (χ0) is 24.6. The van der Waals surface area contributed by atoms with Crippen LogP contribution in [-0.4, -0.2) is 70.6 Å². The summed E-state index contributed by atoms with van der Waals surface area (Å²) in [5.41, 5.74) is 1.86. The van der Waals surface area contributed by atoms with Crippen LogP contribution >= 0.6 is 0 Å². The first-order chi connectivity index (χ1) is 15.6. The van der Waals surface area contributed by atoms with Crippen molar-refractivity contribution in [2.75, 3.05) is 19.8 Å². The largest absolute Gasteiger partial charge is 0.456 e. The van der Waals surface area contributed by atoms with Crippen LogP contribution in [0, 0.1) is 5.92 Å². The molecule has 0 saturated carbocycles. The normalized spacial score (nSPS) is 28.7. The van der Waals surface area contributed by atoms with Gasteiger partial charge in [-0.25, -0.2) is 4.79 Å². The smallest absolute Gasteiger partial charge is 0.338 e. The summed E-state index contributed by atoms with van der Waals surface area (Å²) in [4.78, 5) is 12.6. The summed E-state index contributed by atoms with van der Waals surface area (Å²) < 4.78 is 11.3. The molecule has 0 saturated heterocycles. The van der Waals surface area contributed by atoms with Crippen molar-refractivity contribution in [1.29, 1.82) is 0 Å². The maximum atomic E-state index is 12.6. The molecule has 0 radical (unpaired) electrons. The molecule has 0 aromatic heterocycles. The Balaban J connectivity index is 2.30. The molecule has 4 N–H and O–H groups in total. The summed E-state index contributed by atoms with van der Waals surface area (Å²) in [5, 5.41) is 41.3. The van der Waals surface area contributed by atoms with Crippen molar-refractivity contribution in [3.05, 3.63) is 47.0 Å². The number of hydrogen-bond acceptors (Lipinski definition) is 7. The SMILES string of the molecule is CC[C@H](/C=C(/C)C1CCOCC[C@H](O)C(C)(C)c2cccc(c2)C[C@@H](O)[C@H](O)C(=O)O1)CO. The fourth-order valence-corrected chi connectivity index (χ4v) is 4.02. The zero-order valence-electron chi connectivity index (χ0n) is 20.2. The van der Waals surface area contributed by atoms with E-state index in [4.69, 9.17) is 9.47 Å². The number of aliphatic hydroxyl groups excluding tert-OH is 4. The lowest BCUT2D eigenvalue weighted by atomic mass is 9.77. The van der Waals surface area contributed by atoms with Gasteiger partial charge in [0, 0.05) is 37.4 Å². The number of rotatable bonds is 4. The highest BCUT2D eigenvalue weighted by molar-refractivity contribution is 5.75. The lowest BCUT2D eigenvalue weighted by Gasteiger charge is -2.32. The van der Waals surface area contributed by atoms with Crippen LogP contribution in [0.15, 0.2) is 35.9 Å². The quantitative estimate of drug-likeness (QED) is 0.399. The second-order valence-corrected chi connectivity index (χ2v) is 9.53. The van der Waals surface area contributed by atoms with E-state index in [2.05, 4.69) is 0 Å². The molecule has 2 rings (SSSR count). The maximum Gasteiger partial charge on any atom is 0.338 e. The molecular formula is C26H40O7. The molecule has 1 aliphatic heterocycles. The molecule has 0 amide bonds. The lowest BCUT2D eigenvalue weighted by molar-refractivity contribution is -0.164. The van der Waals surface area contributed by atoms with Gasteiger partial charge in [0.1, 0.15) is 6.10 Å². The third kappa shape index (κ3) is 7.62. The average molecular weight is 465 g/mol. The average Bonchev–Trinajstić information content (AvgIpc) is 2.79. The standard InChI is InChI=1S/C26H40O7/c1-5-18(16-27)13-17(2)22-9-11-32-12-10-23(29)26(3,4)20-8-6-7-19(14-20)15-21(28)24(30)25(31)33-22/h6-8,13-14,18,21-24,27-30H,5,9-12,15-16H2,1-4H3/b17-13-/t18-,21-,22?,23+,24+/m1/s1. The Morgan fingerprint density at radius 3 is 2.58 bits per heavy atom. The number of benzene rings is 1. The van der Waals surface area contributed by atoms with Gasteiger partial charge in [0.05, 0.1) is 18.8 Å². The van der Waals surface area contributed by atoms with E-state index in [0.29, 0.717) is 26.1 Å². The van der Waals surface area contributed by atoms with Gasteiger partial charge in [-0.2, -0.15) is 0 Å². The number of carbonyl (C=O) groups excluding carboxylic acids is 1. The second kappa shape index (κ2) is 12.6. The fourth-order valence-electron chi connectivity index (χ4n) is 4.02. The summed E-state index contributed by atoms with van der Waals surface area (Å²) in [5.74, 6) is -0.957. The molecule has 5 atom stereocenters. The van der Waals surface area contributed by atoms with Crippen LogP contribution in [0.3, 0.4) is 0 Å². The van der Waals surface area contributed by atoms with E-state index in [1.807, 2.05) is 58.0 Å². The Morgan fingerprint density at radius 2 is 1.91 bits per heavy atom. The van der Waals surface area contributed by atoms with Crippen molar-refractivity contribution in [2.45, 2.75) is 83.2 Å². The Labute approximate surface area is 197 Å². The van der Waals surface area contributed by atoms with Crippen molar-refractivity contribution < 1.29 is 34.7 Å². The van der Waals surface area contributed by atoms with Crippen LogP contribution in [0.25, 0.3) is 0 Å². The third-order valence-corrected chi connectivity index (χ3v) is 6.64. The molecule has 1 heterocycles. The molecule has 1 aromatic rings. The predicted octanol–water partition coefficient (Wildman–Crippen LogP) is 2.28. The van der Waals surface area contributed by atoms with Crippen molar-refractivity contribution in [3.8, 4) is 0 Å². The van der Waals surface area contributed by atoms with Crippen LogP contribution in [0.5, 0.6) is 0 Å². The van der Waals surface area contributed by atoms with Gasteiger partial charge in [0.25, 0.3) is 0 Å².